The van der Waals surface area contributed by atoms with Crippen LogP contribution < -0.4 is 5.69 Å². The summed E-state index contributed by atoms with van der Waals surface area (Å²) in [6.07, 6.45) is 2.25. The van der Waals surface area contributed by atoms with Crippen molar-refractivity contribution < 1.29 is 9.53 Å². The van der Waals surface area contributed by atoms with Gasteiger partial charge in [-0.3, -0.25) is 9.20 Å². The third kappa shape index (κ3) is 2.52. The van der Waals surface area contributed by atoms with Crippen molar-refractivity contribution in [3.05, 3.63) is 34.9 Å². The van der Waals surface area contributed by atoms with Crippen LogP contribution in [0.3, 0.4) is 0 Å². The monoisotopic (exact) mass is 235 g/mol. The number of hydrogen-bond acceptors (Lipinski definition) is 4. The minimum absolute atomic E-state index is 0.177. The average Bonchev–Trinajstić information content (AvgIpc) is 2.63. The van der Waals surface area contributed by atoms with Crippen LogP contribution in [0.15, 0.2) is 29.2 Å². The molecule has 2 rings (SSSR count). The minimum atomic E-state index is -0.313. The number of aromatic nitrogens is 3. The topological polar surface area (TPSA) is 65.6 Å². The maximum atomic E-state index is 11.8. The molecule has 17 heavy (non-hydrogen) atoms. The Morgan fingerprint density at radius 2 is 2.29 bits per heavy atom. The third-order valence-electron chi connectivity index (χ3n) is 2.31. The Kier molecular flexibility index (Phi) is 3.22. The smallest absolute Gasteiger partial charge is 0.350 e. The van der Waals surface area contributed by atoms with Gasteiger partial charge in [0.25, 0.3) is 0 Å². The van der Waals surface area contributed by atoms with E-state index in [-0.39, 0.29) is 11.7 Å². The zero-order valence-corrected chi connectivity index (χ0v) is 9.50. The van der Waals surface area contributed by atoms with Crippen LogP contribution in [-0.4, -0.2) is 26.8 Å². The summed E-state index contributed by atoms with van der Waals surface area (Å²) in [7, 11) is 0. The molecule has 0 N–H and O–H groups in total. The normalized spacial score (nSPS) is 10.6. The number of carbonyl (C=O) groups is 1. The van der Waals surface area contributed by atoms with Crippen LogP contribution in [0.2, 0.25) is 0 Å². The summed E-state index contributed by atoms with van der Waals surface area (Å²) < 4.78 is 7.64. The van der Waals surface area contributed by atoms with Crippen molar-refractivity contribution in [3.63, 3.8) is 0 Å². The van der Waals surface area contributed by atoms with E-state index in [0.29, 0.717) is 25.2 Å². The molecule has 2 aromatic rings. The van der Waals surface area contributed by atoms with Crippen molar-refractivity contribution in [3.8, 4) is 0 Å². The predicted molar refractivity (Wildman–Crippen MR) is 60.7 cm³/mol. The van der Waals surface area contributed by atoms with Crippen molar-refractivity contribution in [2.24, 2.45) is 0 Å². The zero-order valence-electron chi connectivity index (χ0n) is 9.50. The molecule has 0 spiro atoms. The molecule has 0 radical (unpaired) electrons. The van der Waals surface area contributed by atoms with Gasteiger partial charge in [0.05, 0.1) is 6.61 Å². The lowest BCUT2D eigenvalue weighted by Gasteiger charge is -2.00. The average molecular weight is 235 g/mol. The van der Waals surface area contributed by atoms with Crippen molar-refractivity contribution in [1.29, 1.82) is 0 Å². The molecule has 0 aliphatic carbocycles. The van der Waals surface area contributed by atoms with Crippen molar-refractivity contribution in [2.45, 2.75) is 19.9 Å². The first-order valence-electron chi connectivity index (χ1n) is 5.36. The SMILES string of the molecule is CC(=O)OCCCn1nc2ccccn2c1=O. The van der Waals surface area contributed by atoms with Crippen LogP contribution in [0.1, 0.15) is 13.3 Å². The summed E-state index contributed by atoms with van der Waals surface area (Å²) in [4.78, 5) is 22.4. The van der Waals surface area contributed by atoms with Gasteiger partial charge in [0.2, 0.25) is 0 Å². The summed E-state index contributed by atoms with van der Waals surface area (Å²) in [5.74, 6) is -0.313. The van der Waals surface area contributed by atoms with E-state index < -0.39 is 0 Å². The van der Waals surface area contributed by atoms with E-state index in [1.165, 1.54) is 16.0 Å². The summed E-state index contributed by atoms with van der Waals surface area (Å²) in [5, 5.41) is 4.16. The molecule has 0 amide bonds. The van der Waals surface area contributed by atoms with Gasteiger partial charge in [-0.15, -0.1) is 5.10 Å². The fraction of sp³-hybridized carbons (Fsp3) is 0.364. The van der Waals surface area contributed by atoms with Gasteiger partial charge in [0, 0.05) is 26.1 Å². The second-order valence-corrected chi connectivity index (χ2v) is 3.63. The Morgan fingerprint density at radius 3 is 3.00 bits per heavy atom. The maximum Gasteiger partial charge on any atom is 0.350 e. The van der Waals surface area contributed by atoms with Crippen LogP contribution in [0.25, 0.3) is 5.65 Å². The van der Waals surface area contributed by atoms with E-state index in [1.54, 1.807) is 18.3 Å². The largest absolute Gasteiger partial charge is 0.466 e. The number of esters is 1. The molecule has 0 aliphatic rings. The molecule has 0 aromatic carbocycles. The first-order valence-corrected chi connectivity index (χ1v) is 5.36. The standard InChI is InChI=1S/C11H13N3O3/c1-9(15)17-8-4-7-14-11(16)13-6-3-2-5-10(13)12-14/h2-3,5-6H,4,7-8H2,1H3. The van der Waals surface area contributed by atoms with Crippen LogP contribution >= 0.6 is 0 Å². The van der Waals surface area contributed by atoms with Gasteiger partial charge < -0.3 is 4.74 Å². The molecular formula is C11H13N3O3. The molecule has 0 unspecified atom stereocenters. The Labute approximate surface area is 97.4 Å². The van der Waals surface area contributed by atoms with Gasteiger partial charge >= 0.3 is 11.7 Å². The highest BCUT2D eigenvalue weighted by molar-refractivity contribution is 5.65. The lowest BCUT2D eigenvalue weighted by Crippen LogP contribution is -2.21. The second-order valence-electron chi connectivity index (χ2n) is 3.63. The number of carbonyl (C=O) groups excluding carboxylic acids is 1. The third-order valence-corrected chi connectivity index (χ3v) is 2.31. The molecule has 6 nitrogen and oxygen atoms in total. The fourth-order valence-corrected chi connectivity index (χ4v) is 1.54. The Balaban J connectivity index is 2.06. The molecule has 6 heteroatoms. The van der Waals surface area contributed by atoms with E-state index in [0.717, 1.165) is 0 Å². The Hall–Kier alpha value is -2.11. The highest BCUT2D eigenvalue weighted by Crippen LogP contribution is 1.96. The van der Waals surface area contributed by atoms with E-state index in [4.69, 9.17) is 4.74 Å². The van der Waals surface area contributed by atoms with Gasteiger partial charge in [-0.2, -0.15) is 0 Å². The van der Waals surface area contributed by atoms with Gasteiger partial charge in [-0.25, -0.2) is 9.48 Å². The van der Waals surface area contributed by atoms with E-state index in [1.807, 2.05) is 6.07 Å². The number of pyridine rings is 1. The Bertz CT molecular complexity index is 585. The molecule has 0 atom stereocenters. The van der Waals surface area contributed by atoms with Crippen molar-refractivity contribution in [2.75, 3.05) is 6.61 Å². The summed E-state index contributed by atoms with van der Waals surface area (Å²) in [6, 6.07) is 5.37. The predicted octanol–water partition coefficient (Wildman–Crippen LogP) is 0.449. The molecule has 90 valence electrons. The van der Waals surface area contributed by atoms with Crippen molar-refractivity contribution in [1.82, 2.24) is 14.2 Å². The lowest BCUT2D eigenvalue weighted by molar-refractivity contribution is -0.141. The lowest BCUT2D eigenvalue weighted by atomic mass is 10.4. The van der Waals surface area contributed by atoms with Gasteiger partial charge in [-0.1, -0.05) is 6.07 Å². The highest BCUT2D eigenvalue weighted by atomic mass is 16.5. The van der Waals surface area contributed by atoms with Gasteiger partial charge in [-0.05, 0) is 12.1 Å². The molecule has 0 aliphatic heterocycles. The van der Waals surface area contributed by atoms with E-state index in [2.05, 4.69) is 5.10 Å². The second kappa shape index (κ2) is 4.82. The van der Waals surface area contributed by atoms with Crippen LogP contribution in [0, 0.1) is 0 Å². The van der Waals surface area contributed by atoms with E-state index >= 15 is 0 Å². The first kappa shape index (κ1) is 11.4. The molecule has 2 heterocycles. The molecular weight excluding hydrogens is 222 g/mol. The van der Waals surface area contributed by atoms with E-state index in [9.17, 15) is 9.59 Å². The number of nitrogens with zero attached hydrogens (tertiary/aromatic N) is 3. The quantitative estimate of drug-likeness (QED) is 0.570. The van der Waals surface area contributed by atoms with Crippen LogP contribution in [-0.2, 0) is 16.1 Å². The zero-order chi connectivity index (χ0) is 12.3. The maximum absolute atomic E-state index is 11.8. The summed E-state index contributed by atoms with van der Waals surface area (Å²) in [6.45, 7) is 2.10. The van der Waals surface area contributed by atoms with Gasteiger partial charge in [0.15, 0.2) is 5.65 Å². The molecule has 0 bridgehead atoms. The van der Waals surface area contributed by atoms with Crippen LogP contribution in [0.5, 0.6) is 0 Å². The summed E-state index contributed by atoms with van der Waals surface area (Å²) in [5.41, 5.74) is 0.438. The Morgan fingerprint density at radius 1 is 1.47 bits per heavy atom. The van der Waals surface area contributed by atoms with Crippen molar-refractivity contribution >= 4 is 11.6 Å². The molecule has 0 saturated heterocycles. The highest BCUT2D eigenvalue weighted by Gasteiger charge is 2.05. The van der Waals surface area contributed by atoms with Gasteiger partial charge in [0.1, 0.15) is 0 Å². The fourth-order valence-electron chi connectivity index (χ4n) is 1.54. The number of aryl methyl sites for hydroxylation is 1. The number of fused-ring (bicyclic) bond motifs is 1. The number of hydrogen-bond donors (Lipinski definition) is 0. The number of ether oxygens (including phenoxy) is 1. The minimum Gasteiger partial charge on any atom is -0.466 e. The molecule has 0 fully saturated rings. The number of rotatable bonds is 4. The first-order chi connectivity index (χ1) is 8.18. The van der Waals surface area contributed by atoms with Crippen LogP contribution in [0.4, 0.5) is 0 Å². The molecule has 0 saturated carbocycles. The summed E-state index contributed by atoms with van der Waals surface area (Å²) >= 11 is 0. The molecule has 2 aromatic heterocycles.